The van der Waals surface area contributed by atoms with Crippen molar-refractivity contribution in [3.05, 3.63) is 105 Å². The Hall–Kier alpha value is -5.30. The SMILES string of the molecule is N#C/C(=C\c1ccc(OC(=O)c2ccccc2[N+](=O)[O-])cc1)C(=O)Nc1ccc(C(=O)O)cc1. The second-order valence-electron chi connectivity index (χ2n) is 6.74. The summed E-state index contributed by atoms with van der Waals surface area (Å²) in [5, 5.41) is 31.8. The van der Waals surface area contributed by atoms with E-state index in [0.29, 0.717) is 11.3 Å². The monoisotopic (exact) mass is 457 g/mol. The van der Waals surface area contributed by atoms with Crippen LogP contribution in [-0.2, 0) is 4.79 Å². The molecule has 0 radical (unpaired) electrons. The molecule has 0 aliphatic carbocycles. The Kier molecular flexibility index (Phi) is 7.11. The first kappa shape index (κ1) is 23.4. The maximum Gasteiger partial charge on any atom is 0.350 e. The van der Waals surface area contributed by atoms with E-state index in [0.717, 1.165) is 0 Å². The highest BCUT2D eigenvalue weighted by molar-refractivity contribution is 6.09. The largest absolute Gasteiger partial charge is 0.478 e. The zero-order valence-electron chi connectivity index (χ0n) is 17.3. The fraction of sp³-hybridized carbons (Fsp3) is 0. The molecular weight excluding hydrogens is 442 g/mol. The van der Waals surface area contributed by atoms with Crippen LogP contribution >= 0.6 is 0 Å². The molecule has 0 aliphatic rings. The fourth-order valence-corrected chi connectivity index (χ4v) is 2.81. The van der Waals surface area contributed by atoms with Crippen LogP contribution in [0.5, 0.6) is 5.75 Å². The summed E-state index contributed by atoms with van der Waals surface area (Å²) in [7, 11) is 0. The van der Waals surface area contributed by atoms with Crippen molar-refractivity contribution >= 4 is 35.3 Å². The lowest BCUT2D eigenvalue weighted by molar-refractivity contribution is -0.385. The molecule has 168 valence electrons. The molecule has 0 saturated carbocycles. The van der Waals surface area contributed by atoms with Crippen molar-refractivity contribution in [3.63, 3.8) is 0 Å². The quantitative estimate of drug-likeness (QED) is 0.134. The van der Waals surface area contributed by atoms with Gasteiger partial charge in [-0.3, -0.25) is 14.9 Å². The number of carboxylic acids is 1. The number of carboxylic acid groups (broad SMARTS) is 1. The molecule has 0 saturated heterocycles. The highest BCUT2D eigenvalue weighted by atomic mass is 16.6. The Morgan fingerprint density at radius 2 is 1.65 bits per heavy atom. The van der Waals surface area contributed by atoms with E-state index >= 15 is 0 Å². The van der Waals surface area contributed by atoms with Crippen LogP contribution in [0.2, 0.25) is 0 Å². The van der Waals surface area contributed by atoms with E-state index in [2.05, 4.69) is 5.32 Å². The van der Waals surface area contributed by atoms with Gasteiger partial charge in [0.25, 0.3) is 11.6 Å². The van der Waals surface area contributed by atoms with Gasteiger partial charge < -0.3 is 15.2 Å². The number of para-hydroxylation sites is 1. The number of nitrogens with zero attached hydrogens (tertiary/aromatic N) is 2. The fourth-order valence-electron chi connectivity index (χ4n) is 2.81. The lowest BCUT2D eigenvalue weighted by Crippen LogP contribution is -2.13. The number of benzene rings is 3. The summed E-state index contributed by atoms with van der Waals surface area (Å²) in [6, 6.07) is 18.4. The molecule has 10 heteroatoms. The van der Waals surface area contributed by atoms with Gasteiger partial charge in [0.05, 0.1) is 10.5 Å². The minimum atomic E-state index is -1.10. The van der Waals surface area contributed by atoms with Crippen LogP contribution in [0.15, 0.2) is 78.4 Å². The van der Waals surface area contributed by atoms with Crippen LogP contribution in [0, 0.1) is 21.4 Å². The number of nitro benzene ring substituents is 1. The number of nitriles is 1. The number of hydrogen-bond donors (Lipinski definition) is 2. The molecule has 0 atom stereocenters. The van der Waals surface area contributed by atoms with Crippen molar-refractivity contribution in [3.8, 4) is 11.8 Å². The summed E-state index contributed by atoms with van der Waals surface area (Å²) >= 11 is 0. The van der Waals surface area contributed by atoms with Crippen LogP contribution in [-0.4, -0.2) is 27.9 Å². The minimum absolute atomic E-state index is 0.0525. The molecule has 10 nitrogen and oxygen atoms in total. The van der Waals surface area contributed by atoms with Crippen LogP contribution in [0.25, 0.3) is 6.08 Å². The molecule has 34 heavy (non-hydrogen) atoms. The van der Waals surface area contributed by atoms with Crippen molar-refractivity contribution in [2.75, 3.05) is 5.32 Å². The van der Waals surface area contributed by atoms with Crippen molar-refractivity contribution in [2.24, 2.45) is 0 Å². The Balaban J connectivity index is 1.70. The summed E-state index contributed by atoms with van der Waals surface area (Å²) in [6.07, 6.45) is 1.31. The van der Waals surface area contributed by atoms with Gasteiger partial charge >= 0.3 is 11.9 Å². The second-order valence-corrected chi connectivity index (χ2v) is 6.74. The van der Waals surface area contributed by atoms with E-state index < -0.39 is 22.8 Å². The van der Waals surface area contributed by atoms with Crippen LogP contribution in [0.3, 0.4) is 0 Å². The summed E-state index contributed by atoms with van der Waals surface area (Å²) in [6.45, 7) is 0. The molecule has 0 aromatic heterocycles. The summed E-state index contributed by atoms with van der Waals surface area (Å²) in [5.41, 5.74) is 0.0288. The first-order valence-electron chi connectivity index (χ1n) is 9.60. The third kappa shape index (κ3) is 5.68. The molecule has 0 aliphatic heterocycles. The Labute approximate surface area is 192 Å². The van der Waals surface area contributed by atoms with Crippen molar-refractivity contribution in [1.29, 1.82) is 5.26 Å². The number of amides is 1. The molecule has 0 heterocycles. The summed E-state index contributed by atoms with van der Waals surface area (Å²) in [4.78, 5) is 46.0. The maximum atomic E-state index is 12.4. The normalized spacial score (nSPS) is 10.6. The zero-order chi connectivity index (χ0) is 24.7. The number of hydrogen-bond acceptors (Lipinski definition) is 7. The van der Waals surface area contributed by atoms with E-state index in [4.69, 9.17) is 9.84 Å². The predicted octanol–water partition coefficient (Wildman–Crippen LogP) is 4.06. The van der Waals surface area contributed by atoms with Crippen molar-refractivity contribution < 1.29 is 29.2 Å². The number of esters is 1. The highest BCUT2D eigenvalue weighted by Crippen LogP contribution is 2.21. The van der Waals surface area contributed by atoms with Gasteiger partial charge in [-0.2, -0.15) is 5.26 Å². The Morgan fingerprint density at radius 3 is 2.24 bits per heavy atom. The van der Waals surface area contributed by atoms with Gasteiger partial charge in [-0.05, 0) is 54.1 Å². The van der Waals surface area contributed by atoms with Gasteiger partial charge in [0.1, 0.15) is 23.0 Å². The number of carbonyl (C=O) groups is 3. The molecule has 0 spiro atoms. The lowest BCUT2D eigenvalue weighted by Gasteiger charge is -2.06. The maximum absolute atomic E-state index is 12.4. The average molecular weight is 457 g/mol. The van der Waals surface area contributed by atoms with Crippen LogP contribution < -0.4 is 10.1 Å². The first-order valence-corrected chi connectivity index (χ1v) is 9.60. The third-order valence-electron chi connectivity index (χ3n) is 4.48. The van der Waals surface area contributed by atoms with Crippen molar-refractivity contribution in [1.82, 2.24) is 0 Å². The topological polar surface area (TPSA) is 160 Å². The number of carbonyl (C=O) groups excluding carboxylic acids is 2. The van der Waals surface area contributed by atoms with Gasteiger partial charge in [0, 0.05) is 11.8 Å². The number of nitro groups is 1. The van der Waals surface area contributed by atoms with E-state index in [9.17, 15) is 29.8 Å². The second kappa shape index (κ2) is 10.3. The van der Waals surface area contributed by atoms with Gasteiger partial charge in [0.2, 0.25) is 0 Å². The number of aromatic carboxylic acids is 1. The van der Waals surface area contributed by atoms with Crippen molar-refractivity contribution in [2.45, 2.75) is 0 Å². The van der Waals surface area contributed by atoms with Crippen LogP contribution in [0.4, 0.5) is 11.4 Å². The minimum Gasteiger partial charge on any atom is -0.478 e. The molecule has 0 unspecified atom stereocenters. The number of nitrogens with one attached hydrogen (secondary N) is 1. The molecule has 0 fully saturated rings. The Morgan fingerprint density at radius 1 is 1.00 bits per heavy atom. The molecular formula is C24H15N3O7. The average Bonchev–Trinajstić information content (AvgIpc) is 2.83. The number of rotatable bonds is 7. The van der Waals surface area contributed by atoms with E-state index in [1.54, 1.807) is 6.07 Å². The summed E-state index contributed by atoms with van der Waals surface area (Å²) in [5.74, 6) is -2.59. The van der Waals surface area contributed by atoms with Gasteiger partial charge in [-0.15, -0.1) is 0 Å². The molecule has 1 amide bonds. The molecule has 3 rings (SSSR count). The zero-order valence-corrected chi connectivity index (χ0v) is 17.3. The molecule has 2 N–H and O–H groups in total. The number of ether oxygens (including phenoxy) is 1. The standard InChI is InChI=1S/C24H15N3O7/c25-14-17(22(28)26-18-9-7-16(8-10-18)23(29)30)13-15-5-11-19(12-6-15)34-24(31)20-3-1-2-4-21(20)27(32)33/h1-13H,(H,26,28)(H,29,30)/b17-13+. The molecule has 0 bridgehead atoms. The van der Waals surface area contributed by atoms with E-state index in [1.165, 1.54) is 78.9 Å². The molecule has 3 aromatic carbocycles. The smallest absolute Gasteiger partial charge is 0.350 e. The van der Waals surface area contributed by atoms with E-state index in [1.807, 2.05) is 0 Å². The first-order chi connectivity index (χ1) is 16.3. The summed E-state index contributed by atoms with van der Waals surface area (Å²) < 4.78 is 5.18. The lowest BCUT2D eigenvalue weighted by atomic mass is 10.1. The van der Waals surface area contributed by atoms with Gasteiger partial charge in [0.15, 0.2) is 0 Å². The third-order valence-corrected chi connectivity index (χ3v) is 4.48. The number of anilines is 1. The van der Waals surface area contributed by atoms with E-state index in [-0.39, 0.29) is 28.1 Å². The van der Waals surface area contributed by atoms with Crippen LogP contribution in [0.1, 0.15) is 26.3 Å². The molecule has 3 aromatic rings. The Bertz CT molecular complexity index is 1340. The highest BCUT2D eigenvalue weighted by Gasteiger charge is 2.21. The van der Waals surface area contributed by atoms with Gasteiger partial charge in [-0.25, -0.2) is 9.59 Å². The predicted molar refractivity (Wildman–Crippen MR) is 120 cm³/mol. The van der Waals surface area contributed by atoms with Gasteiger partial charge in [-0.1, -0.05) is 24.3 Å².